The lowest BCUT2D eigenvalue weighted by Gasteiger charge is -2.35. The summed E-state index contributed by atoms with van der Waals surface area (Å²) in [6.45, 7) is 6.06. The second-order valence-corrected chi connectivity index (χ2v) is 6.46. The Kier molecular flexibility index (Phi) is 4.07. The van der Waals surface area contributed by atoms with Crippen molar-refractivity contribution < 1.29 is 13.9 Å². The third-order valence-corrected chi connectivity index (χ3v) is 4.85. The summed E-state index contributed by atoms with van der Waals surface area (Å²) in [4.78, 5) is 16.9. The molecule has 1 aromatic carbocycles. The summed E-state index contributed by atoms with van der Waals surface area (Å²) in [5, 5.41) is 4.46. The van der Waals surface area contributed by atoms with Crippen LogP contribution in [0, 0.1) is 12.7 Å². The number of hydrogen-bond acceptors (Lipinski definition) is 4. The normalized spacial score (nSPS) is 17.2. The van der Waals surface area contributed by atoms with Crippen LogP contribution >= 0.6 is 0 Å². The Labute approximate surface area is 145 Å². The van der Waals surface area contributed by atoms with E-state index >= 15 is 0 Å². The van der Waals surface area contributed by atoms with Gasteiger partial charge in [-0.05, 0) is 31.2 Å². The second kappa shape index (κ2) is 6.38. The van der Waals surface area contributed by atoms with E-state index in [0.29, 0.717) is 25.4 Å². The number of rotatable bonds is 2. The zero-order chi connectivity index (χ0) is 17.4. The number of carbonyl (C=O) groups is 1. The zero-order valence-electron chi connectivity index (χ0n) is 14.2. The van der Waals surface area contributed by atoms with E-state index in [1.165, 1.54) is 12.1 Å². The third kappa shape index (κ3) is 2.94. The molecule has 6 nitrogen and oxygen atoms in total. The minimum atomic E-state index is -0.237. The summed E-state index contributed by atoms with van der Waals surface area (Å²) in [6.07, 6.45) is 0.915. The van der Waals surface area contributed by atoms with Crippen LogP contribution in [0.4, 0.5) is 10.1 Å². The first-order valence-corrected chi connectivity index (χ1v) is 8.63. The molecular weight excluding hydrogens is 323 g/mol. The van der Waals surface area contributed by atoms with Gasteiger partial charge in [-0.1, -0.05) is 0 Å². The SMILES string of the molecule is Cc1c(C(=O)N2CCN(c3ccc(F)cc3)CC2)nn2c1OCCC2. The molecule has 7 heteroatoms. The highest BCUT2D eigenvalue weighted by Gasteiger charge is 2.28. The first-order valence-electron chi connectivity index (χ1n) is 8.63. The molecule has 0 bridgehead atoms. The zero-order valence-corrected chi connectivity index (χ0v) is 14.2. The molecule has 0 spiro atoms. The van der Waals surface area contributed by atoms with Crippen LogP contribution in [0.1, 0.15) is 22.5 Å². The van der Waals surface area contributed by atoms with E-state index in [2.05, 4.69) is 10.00 Å². The molecule has 0 atom stereocenters. The number of anilines is 1. The van der Waals surface area contributed by atoms with Crippen LogP contribution in [-0.4, -0.2) is 53.4 Å². The molecule has 0 N–H and O–H groups in total. The fraction of sp³-hybridized carbons (Fsp3) is 0.444. The molecule has 1 aromatic heterocycles. The molecule has 0 radical (unpaired) electrons. The molecule has 1 fully saturated rings. The fourth-order valence-electron chi connectivity index (χ4n) is 3.43. The predicted molar refractivity (Wildman–Crippen MR) is 91.6 cm³/mol. The van der Waals surface area contributed by atoms with Crippen LogP contribution in [-0.2, 0) is 6.54 Å². The molecule has 0 unspecified atom stereocenters. The van der Waals surface area contributed by atoms with Crippen molar-refractivity contribution in [2.45, 2.75) is 19.9 Å². The van der Waals surface area contributed by atoms with E-state index < -0.39 is 0 Å². The number of amides is 1. The van der Waals surface area contributed by atoms with E-state index in [1.807, 2.05) is 11.8 Å². The van der Waals surface area contributed by atoms with Crippen molar-refractivity contribution in [1.82, 2.24) is 14.7 Å². The maximum atomic E-state index is 13.1. The number of benzene rings is 1. The molecule has 0 saturated carbocycles. The summed E-state index contributed by atoms with van der Waals surface area (Å²) in [5.41, 5.74) is 2.30. The first kappa shape index (κ1) is 15.9. The van der Waals surface area contributed by atoms with E-state index in [9.17, 15) is 9.18 Å². The molecule has 2 aliphatic rings. The monoisotopic (exact) mass is 344 g/mol. The molecule has 2 aromatic rings. The van der Waals surface area contributed by atoms with Crippen molar-refractivity contribution in [1.29, 1.82) is 0 Å². The molecule has 3 heterocycles. The molecule has 132 valence electrons. The minimum absolute atomic E-state index is 0.0400. The Balaban J connectivity index is 1.45. The predicted octanol–water partition coefficient (Wildman–Crippen LogP) is 2.08. The highest BCUT2D eigenvalue weighted by molar-refractivity contribution is 5.94. The van der Waals surface area contributed by atoms with Gasteiger partial charge in [0, 0.05) is 50.4 Å². The number of halogens is 1. The Morgan fingerprint density at radius 3 is 2.52 bits per heavy atom. The van der Waals surface area contributed by atoms with Gasteiger partial charge in [0.15, 0.2) is 5.69 Å². The number of piperazine rings is 1. The maximum absolute atomic E-state index is 13.1. The summed E-state index contributed by atoms with van der Waals surface area (Å²) < 4.78 is 20.5. The van der Waals surface area contributed by atoms with Gasteiger partial charge in [0.1, 0.15) is 5.82 Å². The third-order valence-electron chi connectivity index (χ3n) is 4.85. The van der Waals surface area contributed by atoms with Gasteiger partial charge in [-0.15, -0.1) is 0 Å². The molecule has 0 aliphatic carbocycles. The van der Waals surface area contributed by atoms with Gasteiger partial charge in [-0.25, -0.2) is 9.07 Å². The second-order valence-electron chi connectivity index (χ2n) is 6.46. The smallest absolute Gasteiger partial charge is 0.274 e. The van der Waals surface area contributed by atoms with E-state index in [0.717, 1.165) is 43.2 Å². The van der Waals surface area contributed by atoms with E-state index in [4.69, 9.17) is 4.74 Å². The van der Waals surface area contributed by atoms with Crippen LogP contribution in [0.2, 0.25) is 0 Å². The number of carbonyl (C=O) groups excluding carboxylic acids is 1. The number of ether oxygens (including phenoxy) is 1. The Hall–Kier alpha value is -2.57. The van der Waals surface area contributed by atoms with Gasteiger partial charge in [0.05, 0.1) is 6.61 Å². The highest BCUT2D eigenvalue weighted by Crippen LogP contribution is 2.26. The van der Waals surface area contributed by atoms with Crippen molar-refractivity contribution >= 4 is 11.6 Å². The van der Waals surface area contributed by atoms with Crippen LogP contribution in [0.3, 0.4) is 0 Å². The van der Waals surface area contributed by atoms with Crippen LogP contribution < -0.4 is 9.64 Å². The Bertz CT molecular complexity index is 779. The number of aromatic nitrogens is 2. The van der Waals surface area contributed by atoms with Crippen molar-refractivity contribution in [3.63, 3.8) is 0 Å². The van der Waals surface area contributed by atoms with Gasteiger partial charge >= 0.3 is 0 Å². The molecule has 1 saturated heterocycles. The molecule has 1 amide bonds. The van der Waals surface area contributed by atoms with Crippen molar-refractivity contribution in [2.75, 3.05) is 37.7 Å². The maximum Gasteiger partial charge on any atom is 0.274 e. The lowest BCUT2D eigenvalue weighted by atomic mass is 10.2. The van der Waals surface area contributed by atoms with Crippen LogP contribution in [0.15, 0.2) is 24.3 Å². The lowest BCUT2D eigenvalue weighted by molar-refractivity contribution is 0.0739. The number of nitrogens with zero attached hydrogens (tertiary/aromatic N) is 4. The van der Waals surface area contributed by atoms with E-state index in [1.54, 1.807) is 16.8 Å². The van der Waals surface area contributed by atoms with Gasteiger partial charge in [0.2, 0.25) is 5.88 Å². The lowest BCUT2D eigenvalue weighted by Crippen LogP contribution is -2.49. The first-order chi connectivity index (χ1) is 12.1. The average molecular weight is 344 g/mol. The standard InChI is InChI=1S/C18H21FN4O2/c1-13-16(20-23-7-2-12-25-18(13)23)17(24)22-10-8-21(9-11-22)15-5-3-14(19)4-6-15/h3-6H,2,7-12H2,1H3. The highest BCUT2D eigenvalue weighted by atomic mass is 19.1. The summed E-state index contributed by atoms with van der Waals surface area (Å²) in [7, 11) is 0. The number of aryl methyl sites for hydroxylation is 1. The van der Waals surface area contributed by atoms with Crippen LogP contribution in [0.25, 0.3) is 0 Å². The topological polar surface area (TPSA) is 50.6 Å². The van der Waals surface area contributed by atoms with E-state index in [-0.39, 0.29) is 11.7 Å². The molecule has 2 aliphatic heterocycles. The van der Waals surface area contributed by atoms with Crippen molar-refractivity contribution in [3.05, 3.63) is 41.3 Å². The van der Waals surface area contributed by atoms with Crippen molar-refractivity contribution in [3.8, 4) is 5.88 Å². The largest absolute Gasteiger partial charge is 0.478 e. The minimum Gasteiger partial charge on any atom is -0.478 e. The Morgan fingerprint density at radius 1 is 1.12 bits per heavy atom. The van der Waals surface area contributed by atoms with Gasteiger partial charge in [-0.3, -0.25) is 4.79 Å². The summed E-state index contributed by atoms with van der Waals surface area (Å²) in [6, 6.07) is 6.48. The van der Waals surface area contributed by atoms with Crippen molar-refractivity contribution in [2.24, 2.45) is 0 Å². The van der Waals surface area contributed by atoms with Gasteiger partial charge < -0.3 is 14.5 Å². The van der Waals surface area contributed by atoms with Gasteiger partial charge in [-0.2, -0.15) is 5.10 Å². The average Bonchev–Trinajstić information content (AvgIpc) is 2.99. The fourth-order valence-corrected chi connectivity index (χ4v) is 3.43. The summed E-state index contributed by atoms with van der Waals surface area (Å²) >= 11 is 0. The molecule has 25 heavy (non-hydrogen) atoms. The molecular formula is C18H21FN4O2. The molecule has 4 rings (SSSR count). The summed E-state index contributed by atoms with van der Waals surface area (Å²) in [5.74, 6) is 0.445. The quantitative estimate of drug-likeness (QED) is 0.837. The van der Waals surface area contributed by atoms with Gasteiger partial charge in [0.25, 0.3) is 5.91 Å². The number of fused-ring (bicyclic) bond motifs is 1. The van der Waals surface area contributed by atoms with Crippen LogP contribution in [0.5, 0.6) is 5.88 Å². The number of hydrogen-bond donors (Lipinski definition) is 0. The Morgan fingerprint density at radius 2 is 1.84 bits per heavy atom.